The molecule has 0 heterocycles. The van der Waals surface area contributed by atoms with Crippen molar-refractivity contribution < 1.29 is 9.53 Å². The molecule has 0 saturated carbocycles. The zero-order valence-corrected chi connectivity index (χ0v) is 13.7. The molecule has 24 heavy (non-hydrogen) atoms. The van der Waals surface area contributed by atoms with Crippen LogP contribution in [0, 0.1) is 13.8 Å². The molecule has 0 fully saturated rings. The van der Waals surface area contributed by atoms with Crippen LogP contribution in [0.5, 0.6) is 11.5 Å². The molecular formula is C21H19NO2. The molecule has 3 heteroatoms. The molecular weight excluding hydrogens is 298 g/mol. The lowest BCUT2D eigenvalue weighted by molar-refractivity contribution is 0.102. The quantitative estimate of drug-likeness (QED) is 0.704. The van der Waals surface area contributed by atoms with Gasteiger partial charge in [-0.2, -0.15) is 0 Å². The van der Waals surface area contributed by atoms with Crippen molar-refractivity contribution >= 4 is 11.6 Å². The highest BCUT2D eigenvalue weighted by molar-refractivity contribution is 6.06. The summed E-state index contributed by atoms with van der Waals surface area (Å²) in [6.07, 6.45) is 0. The molecule has 0 radical (unpaired) electrons. The molecule has 0 bridgehead atoms. The average molecular weight is 317 g/mol. The Balaban J connectivity index is 1.85. The smallest absolute Gasteiger partial charge is 0.256 e. The molecule has 0 saturated heterocycles. The number of rotatable bonds is 4. The summed E-state index contributed by atoms with van der Waals surface area (Å²) in [5.41, 5.74) is 3.32. The van der Waals surface area contributed by atoms with E-state index in [1.54, 1.807) is 0 Å². The van der Waals surface area contributed by atoms with E-state index in [9.17, 15) is 4.79 Å². The van der Waals surface area contributed by atoms with Crippen molar-refractivity contribution in [2.75, 3.05) is 5.32 Å². The van der Waals surface area contributed by atoms with Crippen molar-refractivity contribution in [3.63, 3.8) is 0 Å². The zero-order chi connectivity index (χ0) is 16.9. The minimum Gasteiger partial charge on any atom is -0.455 e. The van der Waals surface area contributed by atoms with Crippen LogP contribution in [0.2, 0.25) is 0 Å². The van der Waals surface area contributed by atoms with Crippen molar-refractivity contribution in [2.24, 2.45) is 0 Å². The number of ether oxygens (including phenoxy) is 1. The molecule has 3 aromatic rings. The monoisotopic (exact) mass is 317 g/mol. The second kappa shape index (κ2) is 7.01. The van der Waals surface area contributed by atoms with E-state index in [0.717, 1.165) is 16.9 Å². The van der Waals surface area contributed by atoms with E-state index < -0.39 is 0 Å². The SMILES string of the molecule is Cc1ccc(C)c(C(=O)Nc2ccccc2Oc2ccccc2)c1. The maximum absolute atomic E-state index is 12.6. The topological polar surface area (TPSA) is 38.3 Å². The minimum atomic E-state index is -0.139. The molecule has 0 atom stereocenters. The second-order valence-corrected chi connectivity index (χ2v) is 5.68. The van der Waals surface area contributed by atoms with E-state index in [0.29, 0.717) is 17.0 Å². The molecule has 3 nitrogen and oxygen atoms in total. The molecule has 3 aromatic carbocycles. The predicted molar refractivity (Wildman–Crippen MR) is 96.8 cm³/mol. The average Bonchev–Trinajstić information content (AvgIpc) is 2.59. The number of carbonyl (C=O) groups is 1. The van der Waals surface area contributed by atoms with E-state index in [2.05, 4.69) is 5.32 Å². The molecule has 120 valence electrons. The van der Waals surface area contributed by atoms with Crippen LogP contribution in [0.4, 0.5) is 5.69 Å². The summed E-state index contributed by atoms with van der Waals surface area (Å²) in [5.74, 6) is 1.20. The van der Waals surface area contributed by atoms with Gasteiger partial charge in [-0.05, 0) is 49.7 Å². The van der Waals surface area contributed by atoms with Gasteiger partial charge in [0.25, 0.3) is 5.91 Å². The second-order valence-electron chi connectivity index (χ2n) is 5.68. The van der Waals surface area contributed by atoms with Crippen LogP contribution in [0.25, 0.3) is 0 Å². The Kier molecular flexibility index (Phi) is 4.62. The highest BCUT2D eigenvalue weighted by Gasteiger charge is 2.12. The lowest BCUT2D eigenvalue weighted by Crippen LogP contribution is -2.14. The van der Waals surface area contributed by atoms with E-state index in [-0.39, 0.29) is 5.91 Å². The Hall–Kier alpha value is -3.07. The molecule has 0 unspecified atom stereocenters. The number of para-hydroxylation sites is 3. The van der Waals surface area contributed by atoms with Gasteiger partial charge in [-0.1, -0.05) is 48.0 Å². The van der Waals surface area contributed by atoms with Gasteiger partial charge in [0.2, 0.25) is 0 Å². The Bertz CT molecular complexity index is 857. The summed E-state index contributed by atoms with van der Waals surface area (Å²) in [7, 11) is 0. The van der Waals surface area contributed by atoms with Gasteiger partial charge in [0.05, 0.1) is 5.69 Å². The highest BCUT2D eigenvalue weighted by Crippen LogP contribution is 2.29. The molecule has 0 aliphatic heterocycles. The van der Waals surface area contributed by atoms with Gasteiger partial charge in [0.15, 0.2) is 5.75 Å². The van der Waals surface area contributed by atoms with Crippen molar-refractivity contribution in [3.05, 3.63) is 89.5 Å². The molecule has 1 amide bonds. The Labute approximate surface area is 141 Å². The van der Waals surface area contributed by atoms with Crippen LogP contribution in [0.1, 0.15) is 21.5 Å². The Morgan fingerprint density at radius 1 is 0.875 bits per heavy atom. The van der Waals surface area contributed by atoms with Gasteiger partial charge in [-0.25, -0.2) is 0 Å². The normalized spacial score (nSPS) is 10.2. The first kappa shape index (κ1) is 15.8. The number of benzene rings is 3. The van der Waals surface area contributed by atoms with Crippen LogP contribution < -0.4 is 10.1 Å². The lowest BCUT2D eigenvalue weighted by atomic mass is 10.0. The fraction of sp³-hybridized carbons (Fsp3) is 0.0952. The number of carbonyl (C=O) groups excluding carboxylic acids is 1. The summed E-state index contributed by atoms with van der Waals surface area (Å²) in [6.45, 7) is 3.91. The van der Waals surface area contributed by atoms with Crippen LogP contribution in [0.15, 0.2) is 72.8 Å². The fourth-order valence-corrected chi connectivity index (χ4v) is 2.44. The van der Waals surface area contributed by atoms with Crippen LogP contribution in [-0.4, -0.2) is 5.91 Å². The van der Waals surface area contributed by atoms with Crippen molar-refractivity contribution in [1.29, 1.82) is 0 Å². The predicted octanol–water partition coefficient (Wildman–Crippen LogP) is 5.35. The van der Waals surface area contributed by atoms with Gasteiger partial charge >= 0.3 is 0 Å². The van der Waals surface area contributed by atoms with Crippen molar-refractivity contribution in [1.82, 2.24) is 0 Å². The van der Waals surface area contributed by atoms with Gasteiger partial charge in [0, 0.05) is 5.56 Å². The third-order valence-electron chi connectivity index (χ3n) is 3.74. The van der Waals surface area contributed by atoms with E-state index in [1.807, 2.05) is 86.6 Å². The van der Waals surface area contributed by atoms with Gasteiger partial charge in [-0.3, -0.25) is 4.79 Å². The number of nitrogens with one attached hydrogen (secondary N) is 1. The van der Waals surface area contributed by atoms with E-state index in [1.165, 1.54) is 0 Å². The van der Waals surface area contributed by atoms with E-state index >= 15 is 0 Å². The van der Waals surface area contributed by atoms with Crippen LogP contribution in [0.3, 0.4) is 0 Å². The van der Waals surface area contributed by atoms with Gasteiger partial charge < -0.3 is 10.1 Å². The minimum absolute atomic E-state index is 0.139. The molecule has 3 rings (SSSR count). The largest absolute Gasteiger partial charge is 0.455 e. The Morgan fingerprint density at radius 2 is 1.58 bits per heavy atom. The molecule has 0 aromatic heterocycles. The summed E-state index contributed by atoms with van der Waals surface area (Å²) < 4.78 is 5.89. The zero-order valence-electron chi connectivity index (χ0n) is 13.7. The number of hydrogen-bond acceptors (Lipinski definition) is 2. The standard InChI is InChI=1S/C21H19NO2/c1-15-12-13-16(2)18(14-15)21(23)22-19-10-6-7-11-20(19)24-17-8-4-3-5-9-17/h3-14H,1-2H3,(H,22,23). The number of hydrogen-bond donors (Lipinski definition) is 1. The lowest BCUT2D eigenvalue weighted by Gasteiger charge is -2.13. The van der Waals surface area contributed by atoms with Gasteiger partial charge in [-0.15, -0.1) is 0 Å². The summed E-state index contributed by atoms with van der Waals surface area (Å²) in [4.78, 5) is 12.6. The van der Waals surface area contributed by atoms with Crippen LogP contribution in [-0.2, 0) is 0 Å². The maximum Gasteiger partial charge on any atom is 0.256 e. The molecule has 0 aliphatic carbocycles. The first-order valence-corrected chi connectivity index (χ1v) is 7.84. The summed E-state index contributed by atoms with van der Waals surface area (Å²) >= 11 is 0. The highest BCUT2D eigenvalue weighted by atomic mass is 16.5. The molecule has 0 spiro atoms. The molecule has 0 aliphatic rings. The number of aryl methyl sites for hydroxylation is 2. The van der Waals surface area contributed by atoms with Gasteiger partial charge in [0.1, 0.15) is 5.75 Å². The summed E-state index contributed by atoms with van der Waals surface area (Å²) in [6, 6.07) is 22.8. The van der Waals surface area contributed by atoms with Crippen molar-refractivity contribution in [2.45, 2.75) is 13.8 Å². The Morgan fingerprint density at radius 3 is 2.38 bits per heavy atom. The number of amides is 1. The van der Waals surface area contributed by atoms with Crippen LogP contribution >= 0.6 is 0 Å². The summed E-state index contributed by atoms with van der Waals surface area (Å²) in [5, 5.41) is 2.95. The maximum atomic E-state index is 12.6. The third-order valence-corrected chi connectivity index (χ3v) is 3.74. The first-order chi connectivity index (χ1) is 11.6. The molecule has 1 N–H and O–H groups in total. The third kappa shape index (κ3) is 3.63. The fourth-order valence-electron chi connectivity index (χ4n) is 2.44. The first-order valence-electron chi connectivity index (χ1n) is 7.84. The van der Waals surface area contributed by atoms with Crippen molar-refractivity contribution in [3.8, 4) is 11.5 Å². The van der Waals surface area contributed by atoms with E-state index in [4.69, 9.17) is 4.74 Å². The number of anilines is 1.